The third kappa shape index (κ3) is 59.2. The molecule has 0 fully saturated rings. The third-order valence-electron chi connectivity index (χ3n) is 16.8. The Kier molecular flexibility index (Phi) is 65.1. The molecule has 0 aromatic rings. The third-order valence-corrected chi connectivity index (χ3v) is 16.8. The summed E-state index contributed by atoms with van der Waals surface area (Å²) in [6.45, 7) is 4.10. The first-order valence-electron chi connectivity index (χ1n) is 35.4. The highest BCUT2D eigenvalue weighted by Crippen LogP contribution is 2.19. The molecule has 6 heteroatoms. The molecule has 0 aromatic carbocycles. The topological polar surface area (TPSA) is 110 Å². The van der Waals surface area contributed by atoms with E-state index in [-0.39, 0.29) is 0 Å². The van der Waals surface area contributed by atoms with Crippen molar-refractivity contribution in [3.05, 3.63) is 36.5 Å². The normalized spacial score (nSPS) is 13.7. The Hall–Kier alpha value is -1.47. The van der Waals surface area contributed by atoms with Crippen LogP contribution in [0.5, 0.6) is 0 Å². The summed E-state index contributed by atoms with van der Waals surface area (Å²) in [5.41, 5.74) is 0. The Morgan fingerprint density at radius 2 is 0.564 bits per heavy atom. The lowest BCUT2D eigenvalue weighted by Gasteiger charge is -2.27. The van der Waals surface area contributed by atoms with Gasteiger partial charge in [-0.3, -0.25) is 4.79 Å². The van der Waals surface area contributed by atoms with Crippen LogP contribution in [0.25, 0.3) is 0 Å². The van der Waals surface area contributed by atoms with Gasteiger partial charge < -0.3 is 25.7 Å². The zero-order valence-corrected chi connectivity index (χ0v) is 52.7. The van der Waals surface area contributed by atoms with Crippen molar-refractivity contribution in [1.82, 2.24) is 5.32 Å². The fourth-order valence-corrected chi connectivity index (χ4v) is 11.3. The fraction of sp³-hybridized carbons (Fsp3) is 0.903. The van der Waals surface area contributed by atoms with Gasteiger partial charge >= 0.3 is 0 Å². The van der Waals surface area contributed by atoms with E-state index < -0.39 is 36.9 Å². The van der Waals surface area contributed by atoms with Gasteiger partial charge in [0.2, 0.25) is 5.91 Å². The van der Waals surface area contributed by atoms with Gasteiger partial charge in [-0.25, -0.2) is 0 Å². The molecule has 0 bridgehead atoms. The molecule has 0 rings (SSSR count). The molecule has 0 radical (unpaired) electrons. The number of allylic oxidation sites excluding steroid dienone is 6. The highest BCUT2D eigenvalue weighted by molar-refractivity contribution is 5.80. The summed E-state index contributed by atoms with van der Waals surface area (Å²) in [6.07, 6.45) is 85.6. The lowest BCUT2D eigenvalue weighted by atomic mass is 10.00. The number of hydrogen-bond acceptors (Lipinski definition) is 5. The maximum atomic E-state index is 12.7. The minimum absolute atomic E-state index is 0.365. The lowest BCUT2D eigenvalue weighted by molar-refractivity contribution is -0.132. The Labute approximate surface area is 487 Å². The average Bonchev–Trinajstić information content (AvgIpc) is 3.45. The Balaban J connectivity index is 3.56. The molecule has 0 saturated heterocycles. The fourth-order valence-electron chi connectivity index (χ4n) is 11.3. The van der Waals surface area contributed by atoms with Gasteiger partial charge in [0.05, 0.1) is 18.8 Å². The zero-order valence-electron chi connectivity index (χ0n) is 52.7. The van der Waals surface area contributed by atoms with Crippen LogP contribution < -0.4 is 5.32 Å². The summed E-state index contributed by atoms with van der Waals surface area (Å²) >= 11 is 0. The number of hydrogen-bond donors (Lipinski definition) is 5. The number of amides is 1. The van der Waals surface area contributed by atoms with E-state index in [1.165, 1.54) is 315 Å². The molecule has 0 spiro atoms. The van der Waals surface area contributed by atoms with Crippen LogP contribution in [0.1, 0.15) is 386 Å². The molecule has 4 unspecified atom stereocenters. The van der Waals surface area contributed by atoms with Crippen LogP contribution in [0.4, 0.5) is 0 Å². The van der Waals surface area contributed by atoms with Crippen LogP contribution in [-0.2, 0) is 4.79 Å². The summed E-state index contributed by atoms with van der Waals surface area (Å²) in [5.74, 6) is -0.587. The minimum Gasteiger partial charge on any atom is -0.394 e. The number of rotatable bonds is 66. The highest BCUT2D eigenvalue weighted by atomic mass is 16.3. The minimum atomic E-state index is -1.28. The monoisotopic (exact) mass is 1100 g/mol. The molecule has 0 aliphatic carbocycles. The van der Waals surface area contributed by atoms with Crippen LogP contribution in [0.15, 0.2) is 36.5 Å². The van der Waals surface area contributed by atoms with Crippen molar-refractivity contribution in [2.24, 2.45) is 0 Å². The van der Waals surface area contributed by atoms with Crippen molar-refractivity contribution in [3.8, 4) is 0 Å². The van der Waals surface area contributed by atoms with Crippen LogP contribution in [0.2, 0.25) is 0 Å². The molecule has 4 atom stereocenters. The Bertz CT molecular complexity index is 1230. The molecular weight excluding hydrogens is 959 g/mol. The second kappa shape index (κ2) is 66.3. The Morgan fingerprint density at radius 3 is 0.846 bits per heavy atom. The molecular formula is C72H139NO5. The van der Waals surface area contributed by atoms with E-state index in [4.69, 9.17) is 0 Å². The van der Waals surface area contributed by atoms with Crippen molar-refractivity contribution >= 4 is 5.91 Å². The molecule has 0 heterocycles. The number of unbranched alkanes of at least 4 members (excludes halogenated alkanes) is 51. The first-order valence-corrected chi connectivity index (χ1v) is 35.4. The van der Waals surface area contributed by atoms with E-state index in [0.717, 1.165) is 44.9 Å². The lowest BCUT2D eigenvalue weighted by Crippen LogP contribution is -2.53. The van der Waals surface area contributed by atoms with Gasteiger partial charge in [0.15, 0.2) is 0 Å². The maximum Gasteiger partial charge on any atom is 0.249 e. The van der Waals surface area contributed by atoms with Crippen LogP contribution in [-0.4, -0.2) is 57.3 Å². The smallest absolute Gasteiger partial charge is 0.249 e. The summed E-state index contributed by atoms with van der Waals surface area (Å²) < 4.78 is 0. The van der Waals surface area contributed by atoms with Crippen molar-refractivity contribution in [3.63, 3.8) is 0 Å². The molecule has 462 valence electrons. The van der Waals surface area contributed by atoms with Gasteiger partial charge in [-0.15, -0.1) is 0 Å². The number of carbonyl (C=O) groups excluding carboxylic acids is 1. The first kappa shape index (κ1) is 76.5. The summed E-state index contributed by atoms with van der Waals surface area (Å²) in [7, 11) is 0. The SMILES string of the molecule is CCCCCCCCCCCCCCC/C=C\C/C=C\CCCCCCCCCCCCCCCCCCC(O)C(=O)NC(CO)C(O)C(O)CCC/C=C/CCCCCCCCCCCCCCCCCCCCCCC. The van der Waals surface area contributed by atoms with Crippen LogP contribution in [0.3, 0.4) is 0 Å². The zero-order chi connectivity index (χ0) is 56.6. The molecule has 0 aromatic heterocycles. The molecule has 0 saturated carbocycles. The van der Waals surface area contributed by atoms with E-state index >= 15 is 0 Å². The number of aliphatic hydroxyl groups excluding tert-OH is 4. The molecule has 0 aliphatic rings. The summed E-state index contributed by atoms with van der Waals surface area (Å²) in [6, 6.07) is -1.00. The standard InChI is InChI=1S/C72H139NO5/c1-3-5-7-9-11-13-15-17-19-21-23-25-27-29-31-32-33-34-35-36-37-38-39-40-42-44-46-48-50-52-54-56-58-60-62-64-66-70(76)72(78)73-68(67-74)71(77)69(75)65-63-61-59-57-55-53-51-49-47-45-43-41-30-28-26-24-22-20-18-16-14-12-10-8-6-4-2/h31-32,34-35,57,59,68-71,74-77H,3-30,33,36-56,58,60-67H2,1-2H3,(H,73,78)/b32-31-,35-34-,59-57+. The predicted octanol–water partition coefficient (Wildman–Crippen LogP) is 21.9. The van der Waals surface area contributed by atoms with Gasteiger partial charge in [0.25, 0.3) is 0 Å². The van der Waals surface area contributed by atoms with Gasteiger partial charge in [-0.2, -0.15) is 0 Å². The van der Waals surface area contributed by atoms with E-state index in [1.807, 2.05) is 0 Å². The molecule has 1 amide bonds. The largest absolute Gasteiger partial charge is 0.394 e. The van der Waals surface area contributed by atoms with E-state index in [0.29, 0.717) is 12.8 Å². The van der Waals surface area contributed by atoms with Crippen molar-refractivity contribution < 1.29 is 25.2 Å². The number of aliphatic hydroxyl groups is 4. The highest BCUT2D eigenvalue weighted by Gasteiger charge is 2.28. The average molecular weight is 1100 g/mol. The summed E-state index contributed by atoms with van der Waals surface area (Å²) in [4.78, 5) is 12.7. The van der Waals surface area contributed by atoms with Crippen molar-refractivity contribution in [2.45, 2.75) is 411 Å². The van der Waals surface area contributed by atoms with E-state index in [2.05, 4.69) is 55.6 Å². The van der Waals surface area contributed by atoms with Gasteiger partial charge in [-0.05, 0) is 70.6 Å². The Morgan fingerprint density at radius 1 is 0.321 bits per heavy atom. The van der Waals surface area contributed by atoms with Gasteiger partial charge in [0.1, 0.15) is 12.2 Å². The first-order chi connectivity index (χ1) is 38.5. The van der Waals surface area contributed by atoms with Crippen molar-refractivity contribution in [1.29, 1.82) is 0 Å². The number of nitrogens with one attached hydrogen (secondary N) is 1. The molecule has 6 nitrogen and oxygen atoms in total. The summed E-state index contributed by atoms with van der Waals surface area (Å²) in [5, 5.41) is 44.2. The quantitative estimate of drug-likeness (QED) is 0.0308. The number of carbonyl (C=O) groups is 1. The van der Waals surface area contributed by atoms with E-state index in [1.54, 1.807) is 0 Å². The predicted molar refractivity (Wildman–Crippen MR) is 344 cm³/mol. The molecule has 78 heavy (non-hydrogen) atoms. The van der Waals surface area contributed by atoms with E-state index in [9.17, 15) is 25.2 Å². The molecule has 0 aliphatic heterocycles. The maximum absolute atomic E-state index is 12.7. The second-order valence-electron chi connectivity index (χ2n) is 24.6. The second-order valence-corrected chi connectivity index (χ2v) is 24.6. The van der Waals surface area contributed by atoms with Crippen molar-refractivity contribution in [2.75, 3.05) is 6.61 Å². The molecule has 5 N–H and O–H groups in total. The van der Waals surface area contributed by atoms with Gasteiger partial charge in [-0.1, -0.05) is 352 Å². The van der Waals surface area contributed by atoms with Crippen LogP contribution in [0, 0.1) is 0 Å². The van der Waals surface area contributed by atoms with Crippen LogP contribution >= 0.6 is 0 Å². The van der Waals surface area contributed by atoms with Gasteiger partial charge in [0, 0.05) is 0 Å².